The smallest absolute Gasteiger partial charge is 0.181 e. The van der Waals surface area contributed by atoms with E-state index < -0.39 is 0 Å². The Morgan fingerprint density at radius 2 is 2.38 bits per heavy atom. The Kier molecular flexibility index (Phi) is 1.90. The van der Waals surface area contributed by atoms with Gasteiger partial charge in [0.05, 0.1) is 0 Å². The van der Waals surface area contributed by atoms with Crippen molar-refractivity contribution in [2.75, 3.05) is 18.7 Å². The van der Waals surface area contributed by atoms with Gasteiger partial charge in [0.15, 0.2) is 12.0 Å². The van der Waals surface area contributed by atoms with E-state index in [1.165, 1.54) is 6.39 Å². The van der Waals surface area contributed by atoms with Crippen LogP contribution in [0.5, 0.6) is 0 Å². The van der Waals surface area contributed by atoms with Crippen molar-refractivity contribution >= 4 is 16.8 Å². The predicted molar refractivity (Wildman–Crippen MR) is 49.5 cm³/mol. The monoisotopic (exact) mass is 178 g/mol. The Bertz CT molecular complexity index is 411. The van der Waals surface area contributed by atoms with Crippen LogP contribution in [0.15, 0.2) is 29.0 Å². The number of hydrogen-bond donors (Lipinski definition) is 1. The Morgan fingerprint density at radius 3 is 3.15 bits per heavy atom. The summed E-state index contributed by atoms with van der Waals surface area (Å²) >= 11 is 0. The second-order valence-corrected chi connectivity index (χ2v) is 2.84. The summed E-state index contributed by atoms with van der Waals surface area (Å²) in [5.41, 5.74) is 2.47. The molecular weight excluding hydrogens is 168 g/mol. The molecule has 0 amide bonds. The Balaban J connectivity index is 2.48. The third kappa shape index (κ3) is 1.36. The lowest BCUT2D eigenvalue weighted by atomic mass is 10.3. The van der Waals surface area contributed by atoms with E-state index in [1.807, 2.05) is 18.2 Å². The second-order valence-electron chi connectivity index (χ2n) is 2.84. The highest BCUT2D eigenvalue weighted by atomic mass is 16.3. The van der Waals surface area contributed by atoms with E-state index in [2.05, 4.69) is 4.98 Å². The van der Waals surface area contributed by atoms with Gasteiger partial charge in [-0.05, 0) is 12.1 Å². The summed E-state index contributed by atoms with van der Waals surface area (Å²) in [5, 5.41) is 8.89. The molecule has 0 saturated heterocycles. The number of nitrogens with zero attached hydrogens (tertiary/aromatic N) is 2. The molecule has 0 atom stereocenters. The topological polar surface area (TPSA) is 49.5 Å². The van der Waals surface area contributed by atoms with Crippen LogP contribution in [0.1, 0.15) is 0 Å². The SMILES string of the molecule is CN(CO)c1ccc2ncoc2c1. The lowest BCUT2D eigenvalue weighted by Gasteiger charge is -2.14. The average Bonchev–Trinajstić information content (AvgIpc) is 2.63. The molecule has 2 aromatic rings. The molecule has 1 heterocycles. The number of rotatable bonds is 2. The largest absolute Gasteiger partial charge is 0.443 e. The fraction of sp³-hybridized carbons (Fsp3) is 0.222. The number of aromatic nitrogens is 1. The molecule has 0 aliphatic heterocycles. The first-order chi connectivity index (χ1) is 6.31. The molecule has 0 radical (unpaired) electrons. The molecule has 0 aliphatic carbocycles. The molecule has 1 N–H and O–H groups in total. The van der Waals surface area contributed by atoms with E-state index in [0.717, 1.165) is 16.8 Å². The molecule has 0 fully saturated rings. The van der Waals surface area contributed by atoms with Gasteiger partial charge in [0.1, 0.15) is 12.2 Å². The van der Waals surface area contributed by atoms with Crippen LogP contribution in [0.2, 0.25) is 0 Å². The van der Waals surface area contributed by atoms with Gasteiger partial charge in [-0.25, -0.2) is 4.98 Å². The minimum atomic E-state index is -0.0142. The third-order valence-electron chi connectivity index (χ3n) is 1.97. The summed E-state index contributed by atoms with van der Waals surface area (Å²) in [7, 11) is 1.80. The molecule has 2 rings (SSSR count). The number of aliphatic hydroxyl groups is 1. The molecule has 13 heavy (non-hydrogen) atoms. The second kappa shape index (κ2) is 3.06. The Labute approximate surface area is 75.4 Å². The average molecular weight is 178 g/mol. The van der Waals surface area contributed by atoms with Gasteiger partial charge < -0.3 is 14.4 Å². The first kappa shape index (κ1) is 8.07. The molecule has 4 heteroatoms. The highest BCUT2D eigenvalue weighted by molar-refractivity contribution is 5.76. The van der Waals surface area contributed by atoms with Gasteiger partial charge >= 0.3 is 0 Å². The third-order valence-corrected chi connectivity index (χ3v) is 1.97. The van der Waals surface area contributed by atoms with Crippen molar-refractivity contribution in [3.05, 3.63) is 24.6 Å². The maximum atomic E-state index is 8.89. The number of hydrogen-bond acceptors (Lipinski definition) is 4. The first-order valence-electron chi connectivity index (χ1n) is 3.96. The van der Waals surface area contributed by atoms with Crippen LogP contribution in [-0.4, -0.2) is 23.9 Å². The highest BCUT2D eigenvalue weighted by Gasteiger charge is 2.02. The van der Waals surface area contributed by atoms with E-state index in [-0.39, 0.29) is 6.73 Å². The lowest BCUT2D eigenvalue weighted by molar-refractivity contribution is 0.298. The van der Waals surface area contributed by atoms with Crippen molar-refractivity contribution < 1.29 is 9.52 Å². The first-order valence-corrected chi connectivity index (χ1v) is 3.96. The van der Waals surface area contributed by atoms with Crippen molar-refractivity contribution in [1.29, 1.82) is 0 Å². The van der Waals surface area contributed by atoms with Crippen LogP contribution in [0.4, 0.5) is 5.69 Å². The minimum Gasteiger partial charge on any atom is -0.443 e. The predicted octanol–water partition coefficient (Wildman–Crippen LogP) is 1.21. The van der Waals surface area contributed by atoms with Crippen molar-refractivity contribution in [2.45, 2.75) is 0 Å². The van der Waals surface area contributed by atoms with Gasteiger partial charge in [0, 0.05) is 18.8 Å². The maximum absolute atomic E-state index is 8.89. The number of benzene rings is 1. The molecule has 1 aromatic carbocycles. The quantitative estimate of drug-likeness (QED) is 0.702. The molecule has 0 aliphatic rings. The molecule has 0 bridgehead atoms. The molecule has 0 spiro atoms. The molecule has 0 unspecified atom stereocenters. The zero-order valence-corrected chi connectivity index (χ0v) is 7.27. The maximum Gasteiger partial charge on any atom is 0.181 e. The molecular formula is C9H10N2O2. The lowest BCUT2D eigenvalue weighted by Crippen LogP contribution is -2.17. The zero-order valence-electron chi connectivity index (χ0n) is 7.27. The van der Waals surface area contributed by atoms with Crippen LogP contribution in [0, 0.1) is 0 Å². The normalized spacial score (nSPS) is 10.6. The molecule has 68 valence electrons. The van der Waals surface area contributed by atoms with Crippen molar-refractivity contribution in [2.24, 2.45) is 0 Å². The van der Waals surface area contributed by atoms with Crippen LogP contribution in [0.25, 0.3) is 11.1 Å². The van der Waals surface area contributed by atoms with E-state index >= 15 is 0 Å². The fourth-order valence-electron chi connectivity index (χ4n) is 1.16. The summed E-state index contributed by atoms with van der Waals surface area (Å²) in [6, 6.07) is 5.60. The minimum absolute atomic E-state index is 0.0142. The summed E-state index contributed by atoms with van der Waals surface area (Å²) in [4.78, 5) is 5.71. The Morgan fingerprint density at radius 1 is 1.54 bits per heavy atom. The van der Waals surface area contributed by atoms with Crippen molar-refractivity contribution in [3.63, 3.8) is 0 Å². The van der Waals surface area contributed by atoms with Crippen molar-refractivity contribution in [1.82, 2.24) is 4.98 Å². The van der Waals surface area contributed by atoms with Crippen LogP contribution in [0.3, 0.4) is 0 Å². The van der Waals surface area contributed by atoms with Crippen LogP contribution in [-0.2, 0) is 0 Å². The van der Waals surface area contributed by atoms with E-state index in [4.69, 9.17) is 9.52 Å². The standard InChI is InChI=1S/C9H10N2O2/c1-11(6-12)7-2-3-8-9(4-7)13-5-10-8/h2-5,12H,6H2,1H3. The highest BCUT2D eigenvalue weighted by Crippen LogP contribution is 2.19. The van der Waals surface area contributed by atoms with Gasteiger partial charge in [0.25, 0.3) is 0 Å². The van der Waals surface area contributed by atoms with Gasteiger partial charge in [-0.15, -0.1) is 0 Å². The number of aliphatic hydroxyl groups excluding tert-OH is 1. The zero-order chi connectivity index (χ0) is 9.26. The van der Waals surface area contributed by atoms with E-state index in [1.54, 1.807) is 11.9 Å². The number of anilines is 1. The van der Waals surface area contributed by atoms with Gasteiger partial charge in [-0.3, -0.25) is 0 Å². The Hall–Kier alpha value is -1.55. The van der Waals surface area contributed by atoms with Gasteiger partial charge in [-0.2, -0.15) is 0 Å². The summed E-state index contributed by atoms with van der Waals surface area (Å²) in [6.45, 7) is -0.0142. The van der Waals surface area contributed by atoms with E-state index in [0.29, 0.717) is 0 Å². The van der Waals surface area contributed by atoms with Crippen LogP contribution >= 0.6 is 0 Å². The van der Waals surface area contributed by atoms with Gasteiger partial charge in [-0.1, -0.05) is 0 Å². The fourth-order valence-corrected chi connectivity index (χ4v) is 1.16. The molecule has 0 saturated carbocycles. The molecule has 4 nitrogen and oxygen atoms in total. The van der Waals surface area contributed by atoms with Crippen LogP contribution < -0.4 is 4.90 Å². The van der Waals surface area contributed by atoms with Crippen molar-refractivity contribution in [3.8, 4) is 0 Å². The summed E-state index contributed by atoms with van der Waals surface area (Å²) in [5.74, 6) is 0. The number of fused-ring (bicyclic) bond motifs is 1. The van der Waals surface area contributed by atoms with E-state index in [9.17, 15) is 0 Å². The summed E-state index contributed by atoms with van der Waals surface area (Å²) < 4.78 is 5.13. The molecule has 1 aromatic heterocycles. The summed E-state index contributed by atoms with van der Waals surface area (Å²) in [6.07, 6.45) is 1.41. The van der Waals surface area contributed by atoms with Gasteiger partial charge in [0.2, 0.25) is 0 Å². The number of oxazole rings is 1.